The van der Waals surface area contributed by atoms with Gasteiger partial charge in [0.2, 0.25) is 0 Å². The molecule has 2 aromatic carbocycles. The summed E-state index contributed by atoms with van der Waals surface area (Å²) >= 11 is 0. The topological polar surface area (TPSA) is 42.3 Å². The zero-order valence-electron chi connectivity index (χ0n) is 18.2. The molecule has 1 N–H and O–H groups in total. The lowest BCUT2D eigenvalue weighted by Crippen LogP contribution is -2.29. The fourth-order valence-electron chi connectivity index (χ4n) is 4.64. The summed E-state index contributed by atoms with van der Waals surface area (Å²) in [6.07, 6.45) is 7.54. The Labute approximate surface area is 185 Å². The molecule has 0 saturated carbocycles. The SMILES string of the molecule is c1ccc(COc2ccc(-n3nc(CN4CCCCC4)c4c3NCCCC4)cc2)cc1. The van der Waals surface area contributed by atoms with Gasteiger partial charge in [0.25, 0.3) is 0 Å². The molecular weight excluding hydrogens is 384 g/mol. The van der Waals surface area contributed by atoms with Crippen molar-refractivity contribution in [2.24, 2.45) is 0 Å². The number of benzene rings is 2. The van der Waals surface area contributed by atoms with Crippen LogP contribution in [0.3, 0.4) is 0 Å². The second-order valence-electron chi connectivity index (χ2n) is 8.67. The van der Waals surface area contributed by atoms with Crippen LogP contribution in [0, 0.1) is 0 Å². The number of piperidine rings is 1. The highest BCUT2D eigenvalue weighted by molar-refractivity contribution is 5.55. The molecule has 3 aromatic rings. The Morgan fingerprint density at radius 3 is 2.48 bits per heavy atom. The third kappa shape index (κ3) is 4.77. The van der Waals surface area contributed by atoms with Gasteiger partial charge >= 0.3 is 0 Å². The van der Waals surface area contributed by atoms with Crippen molar-refractivity contribution in [3.05, 3.63) is 71.4 Å². The van der Waals surface area contributed by atoms with E-state index < -0.39 is 0 Å². The van der Waals surface area contributed by atoms with Crippen LogP contribution in [0.25, 0.3) is 5.69 Å². The minimum Gasteiger partial charge on any atom is -0.489 e. The highest BCUT2D eigenvalue weighted by atomic mass is 16.5. The molecule has 1 aromatic heterocycles. The van der Waals surface area contributed by atoms with Crippen LogP contribution in [0.1, 0.15) is 48.9 Å². The van der Waals surface area contributed by atoms with Crippen molar-refractivity contribution in [1.82, 2.24) is 14.7 Å². The highest BCUT2D eigenvalue weighted by Gasteiger charge is 2.22. The number of anilines is 1. The van der Waals surface area contributed by atoms with Crippen molar-refractivity contribution in [3.63, 3.8) is 0 Å². The number of aromatic nitrogens is 2. The maximum absolute atomic E-state index is 5.97. The summed E-state index contributed by atoms with van der Waals surface area (Å²) in [6, 6.07) is 18.6. The lowest BCUT2D eigenvalue weighted by molar-refractivity contribution is 0.217. The van der Waals surface area contributed by atoms with E-state index in [4.69, 9.17) is 9.84 Å². The maximum atomic E-state index is 5.97. The molecule has 2 aliphatic heterocycles. The summed E-state index contributed by atoms with van der Waals surface area (Å²) in [6.45, 7) is 4.96. The number of nitrogens with one attached hydrogen (secondary N) is 1. The van der Waals surface area contributed by atoms with Gasteiger partial charge < -0.3 is 10.1 Å². The normalized spacial score (nSPS) is 16.9. The first-order valence-electron chi connectivity index (χ1n) is 11.7. The molecule has 162 valence electrons. The molecule has 0 unspecified atom stereocenters. The van der Waals surface area contributed by atoms with Crippen LogP contribution in [0.5, 0.6) is 5.75 Å². The van der Waals surface area contributed by atoms with Crippen LogP contribution >= 0.6 is 0 Å². The van der Waals surface area contributed by atoms with Gasteiger partial charge in [0.05, 0.1) is 11.4 Å². The Kier molecular flexibility index (Phi) is 6.21. The third-order valence-electron chi connectivity index (χ3n) is 6.36. The van der Waals surface area contributed by atoms with Gasteiger partial charge in [-0.25, -0.2) is 4.68 Å². The number of hydrogen-bond donors (Lipinski definition) is 1. The zero-order chi connectivity index (χ0) is 20.9. The molecule has 0 bridgehead atoms. The fraction of sp³-hybridized carbons (Fsp3) is 0.423. The van der Waals surface area contributed by atoms with E-state index in [1.165, 1.54) is 67.8 Å². The minimum absolute atomic E-state index is 0.582. The smallest absolute Gasteiger partial charge is 0.133 e. The monoisotopic (exact) mass is 416 g/mol. The second kappa shape index (κ2) is 9.56. The minimum atomic E-state index is 0.582. The number of hydrogen-bond acceptors (Lipinski definition) is 4. The molecule has 0 spiro atoms. The number of nitrogens with zero attached hydrogens (tertiary/aromatic N) is 3. The van der Waals surface area contributed by atoms with Crippen LogP contribution in [-0.4, -0.2) is 34.3 Å². The quantitative estimate of drug-likeness (QED) is 0.601. The summed E-state index contributed by atoms with van der Waals surface area (Å²) in [5.74, 6) is 2.06. The van der Waals surface area contributed by atoms with Crippen molar-refractivity contribution in [1.29, 1.82) is 0 Å². The number of ether oxygens (including phenoxy) is 1. The third-order valence-corrected chi connectivity index (χ3v) is 6.36. The Hall–Kier alpha value is -2.79. The first-order valence-corrected chi connectivity index (χ1v) is 11.7. The van der Waals surface area contributed by atoms with E-state index in [1.54, 1.807) is 0 Å². The predicted octanol–water partition coefficient (Wildman–Crippen LogP) is 5.19. The molecule has 0 radical (unpaired) electrons. The number of likely N-dealkylation sites (tertiary alicyclic amines) is 1. The molecule has 2 aliphatic rings. The molecule has 31 heavy (non-hydrogen) atoms. The van der Waals surface area contributed by atoms with Gasteiger partial charge in [-0.05, 0) is 75.0 Å². The molecule has 0 aliphatic carbocycles. The van der Waals surface area contributed by atoms with E-state index in [2.05, 4.69) is 39.2 Å². The summed E-state index contributed by atoms with van der Waals surface area (Å²) in [5.41, 5.74) is 4.92. The molecule has 5 heteroatoms. The van der Waals surface area contributed by atoms with Gasteiger partial charge in [0.15, 0.2) is 0 Å². The average molecular weight is 417 g/mol. The summed E-state index contributed by atoms with van der Waals surface area (Å²) in [7, 11) is 0. The van der Waals surface area contributed by atoms with Crippen molar-refractivity contribution >= 4 is 5.82 Å². The van der Waals surface area contributed by atoms with E-state index in [1.807, 2.05) is 30.3 Å². The van der Waals surface area contributed by atoms with Crippen molar-refractivity contribution in [2.75, 3.05) is 25.0 Å². The van der Waals surface area contributed by atoms with E-state index in [0.29, 0.717) is 6.61 Å². The van der Waals surface area contributed by atoms with Crippen LogP contribution in [0.4, 0.5) is 5.82 Å². The van der Waals surface area contributed by atoms with Crippen LogP contribution in [-0.2, 0) is 19.6 Å². The fourth-order valence-corrected chi connectivity index (χ4v) is 4.64. The largest absolute Gasteiger partial charge is 0.489 e. The Balaban J connectivity index is 1.36. The van der Waals surface area contributed by atoms with E-state index >= 15 is 0 Å². The van der Waals surface area contributed by atoms with Crippen molar-refractivity contribution < 1.29 is 4.74 Å². The molecule has 1 fully saturated rings. The second-order valence-corrected chi connectivity index (χ2v) is 8.67. The molecule has 3 heterocycles. The summed E-state index contributed by atoms with van der Waals surface area (Å²) in [4.78, 5) is 2.57. The maximum Gasteiger partial charge on any atom is 0.133 e. The van der Waals surface area contributed by atoms with Crippen LogP contribution in [0.2, 0.25) is 0 Å². The van der Waals surface area contributed by atoms with E-state index in [0.717, 1.165) is 30.9 Å². The molecule has 5 nitrogen and oxygen atoms in total. The van der Waals surface area contributed by atoms with Gasteiger partial charge in [-0.3, -0.25) is 4.90 Å². The van der Waals surface area contributed by atoms with Crippen molar-refractivity contribution in [2.45, 2.75) is 51.7 Å². The Bertz CT molecular complexity index is 975. The van der Waals surface area contributed by atoms with Crippen molar-refractivity contribution in [3.8, 4) is 11.4 Å². The number of rotatable bonds is 6. The van der Waals surface area contributed by atoms with Gasteiger partial charge in [-0.2, -0.15) is 5.10 Å². The van der Waals surface area contributed by atoms with Crippen LogP contribution < -0.4 is 10.1 Å². The van der Waals surface area contributed by atoms with E-state index in [-0.39, 0.29) is 0 Å². The zero-order valence-corrected chi connectivity index (χ0v) is 18.2. The summed E-state index contributed by atoms with van der Waals surface area (Å²) in [5, 5.41) is 8.75. The molecule has 0 amide bonds. The lowest BCUT2D eigenvalue weighted by Gasteiger charge is -2.25. The predicted molar refractivity (Wildman–Crippen MR) is 125 cm³/mol. The molecule has 1 saturated heterocycles. The van der Waals surface area contributed by atoms with Gasteiger partial charge in [0, 0.05) is 18.7 Å². The Morgan fingerprint density at radius 2 is 1.68 bits per heavy atom. The average Bonchev–Trinajstić information content (AvgIpc) is 2.99. The first kappa shape index (κ1) is 20.1. The Morgan fingerprint density at radius 1 is 0.871 bits per heavy atom. The standard InChI is InChI=1S/C26H32N4O/c1-3-9-21(10-4-1)20-31-23-14-12-22(13-15-23)30-26-24(11-5-6-16-27-26)25(28-30)19-29-17-7-2-8-18-29/h1,3-4,9-10,12-15,27H,2,5-8,11,16-20H2. The van der Waals surface area contributed by atoms with Gasteiger partial charge in [-0.15, -0.1) is 0 Å². The molecule has 0 atom stereocenters. The first-order chi connectivity index (χ1) is 15.4. The molecule has 5 rings (SSSR count). The van der Waals surface area contributed by atoms with Gasteiger partial charge in [0.1, 0.15) is 18.2 Å². The molecular formula is C26H32N4O. The number of fused-ring (bicyclic) bond motifs is 1. The van der Waals surface area contributed by atoms with E-state index in [9.17, 15) is 0 Å². The van der Waals surface area contributed by atoms with Crippen LogP contribution in [0.15, 0.2) is 54.6 Å². The summed E-state index contributed by atoms with van der Waals surface area (Å²) < 4.78 is 8.08. The van der Waals surface area contributed by atoms with Gasteiger partial charge in [-0.1, -0.05) is 36.8 Å². The highest BCUT2D eigenvalue weighted by Crippen LogP contribution is 2.30. The lowest BCUT2D eigenvalue weighted by atomic mass is 10.1.